The Morgan fingerprint density at radius 2 is 1.48 bits per heavy atom. The van der Waals surface area contributed by atoms with Gasteiger partial charge in [-0.3, -0.25) is 29.8 Å². The van der Waals surface area contributed by atoms with E-state index >= 15 is 0 Å². The highest BCUT2D eigenvalue weighted by atomic mass is 16.6. The third kappa shape index (κ3) is 6.82. The van der Waals surface area contributed by atoms with Crippen molar-refractivity contribution >= 4 is 29.4 Å². The number of carbonyl (C=O) groups is 2. The van der Waals surface area contributed by atoms with Crippen LogP contribution in [0.25, 0.3) is 0 Å². The van der Waals surface area contributed by atoms with Gasteiger partial charge >= 0.3 is 0 Å². The first-order valence-corrected chi connectivity index (χ1v) is 8.46. The average molecular weight is 399 g/mol. The van der Waals surface area contributed by atoms with Crippen LogP contribution in [0.4, 0.5) is 11.4 Å². The average Bonchev–Trinajstić information content (AvgIpc) is 2.71. The van der Waals surface area contributed by atoms with Crippen LogP contribution in [-0.2, 0) is 4.79 Å². The molecule has 11 nitrogen and oxygen atoms in total. The number of hydrogen-bond acceptors (Lipinski definition) is 7. The normalized spacial score (nSPS) is 10.5. The first kappa shape index (κ1) is 21.2. The topological polar surface area (TPSA) is 157 Å². The summed E-state index contributed by atoms with van der Waals surface area (Å²) in [7, 11) is 0. The van der Waals surface area contributed by atoms with E-state index in [9.17, 15) is 29.8 Å². The van der Waals surface area contributed by atoms with Crippen LogP contribution >= 0.6 is 0 Å². The molecule has 0 heterocycles. The van der Waals surface area contributed by atoms with Gasteiger partial charge in [0, 0.05) is 42.8 Å². The van der Waals surface area contributed by atoms with E-state index in [1.54, 1.807) is 0 Å². The van der Waals surface area contributed by atoms with E-state index in [4.69, 9.17) is 0 Å². The predicted octanol–water partition coefficient (Wildman–Crippen LogP) is 2.16. The Morgan fingerprint density at radius 3 is 2.03 bits per heavy atom. The summed E-state index contributed by atoms with van der Waals surface area (Å²) in [5.74, 6) is -0.746. The highest BCUT2D eigenvalue weighted by molar-refractivity contribution is 5.94. The summed E-state index contributed by atoms with van der Waals surface area (Å²) in [6.45, 7) is 0.245. The van der Waals surface area contributed by atoms with Gasteiger partial charge < -0.3 is 5.32 Å². The molecule has 0 saturated heterocycles. The molecule has 11 heteroatoms. The van der Waals surface area contributed by atoms with Crippen molar-refractivity contribution in [3.63, 3.8) is 0 Å². The number of amides is 2. The molecular weight excluding hydrogens is 382 g/mol. The molecule has 0 aliphatic rings. The summed E-state index contributed by atoms with van der Waals surface area (Å²) in [6.07, 6.45) is 1.85. The second kappa shape index (κ2) is 10.3. The number of hydrazone groups is 1. The lowest BCUT2D eigenvalue weighted by Gasteiger charge is -2.05. The third-order valence-electron chi connectivity index (χ3n) is 3.71. The maximum absolute atomic E-state index is 11.9. The van der Waals surface area contributed by atoms with Gasteiger partial charge in [0.05, 0.1) is 16.1 Å². The zero-order valence-electron chi connectivity index (χ0n) is 15.1. The second-order valence-electron chi connectivity index (χ2n) is 5.81. The standard InChI is InChI=1S/C18H17N5O6/c24-17(21-20-12-13-3-7-15(8-4-13)22(26)27)2-1-11-19-18(25)14-5-9-16(10-6-14)23(28)29/h3-10,12H,1-2,11H2,(H,19,25)(H,21,24). The molecular formula is C18H17N5O6. The van der Waals surface area contributed by atoms with E-state index in [1.165, 1.54) is 54.7 Å². The number of rotatable bonds is 9. The van der Waals surface area contributed by atoms with Gasteiger partial charge in [-0.1, -0.05) is 0 Å². The van der Waals surface area contributed by atoms with Gasteiger partial charge in [-0.05, 0) is 36.2 Å². The van der Waals surface area contributed by atoms with Crippen molar-refractivity contribution in [1.82, 2.24) is 10.7 Å². The number of carbonyl (C=O) groups excluding carboxylic acids is 2. The molecule has 2 aromatic rings. The molecule has 0 aromatic heterocycles. The van der Waals surface area contributed by atoms with Crippen LogP contribution < -0.4 is 10.7 Å². The molecule has 0 radical (unpaired) electrons. The second-order valence-corrected chi connectivity index (χ2v) is 5.81. The fourth-order valence-corrected chi connectivity index (χ4v) is 2.20. The third-order valence-corrected chi connectivity index (χ3v) is 3.71. The molecule has 2 N–H and O–H groups in total. The van der Waals surface area contributed by atoms with Crippen molar-refractivity contribution in [2.24, 2.45) is 5.10 Å². The van der Waals surface area contributed by atoms with Crippen LogP contribution in [0.15, 0.2) is 53.6 Å². The van der Waals surface area contributed by atoms with Gasteiger partial charge in [-0.25, -0.2) is 5.43 Å². The van der Waals surface area contributed by atoms with E-state index < -0.39 is 15.8 Å². The maximum atomic E-state index is 11.9. The van der Waals surface area contributed by atoms with Gasteiger partial charge in [-0.2, -0.15) is 5.10 Å². The summed E-state index contributed by atoms with van der Waals surface area (Å²) >= 11 is 0. The summed E-state index contributed by atoms with van der Waals surface area (Å²) in [4.78, 5) is 43.7. The van der Waals surface area contributed by atoms with Crippen LogP contribution in [-0.4, -0.2) is 34.4 Å². The number of hydrogen-bond donors (Lipinski definition) is 2. The number of nitro groups is 2. The monoisotopic (exact) mass is 399 g/mol. The Labute approximate surface area is 164 Å². The minimum Gasteiger partial charge on any atom is -0.352 e. The molecule has 2 rings (SSSR count). The fraction of sp³-hybridized carbons (Fsp3) is 0.167. The predicted molar refractivity (Wildman–Crippen MR) is 103 cm³/mol. The molecule has 0 unspecified atom stereocenters. The lowest BCUT2D eigenvalue weighted by molar-refractivity contribution is -0.385. The Morgan fingerprint density at radius 1 is 0.931 bits per heavy atom. The molecule has 2 amide bonds. The minimum absolute atomic E-state index is 0.0399. The smallest absolute Gasteiger partial charge is 0.269 e. The SMILES string of the molecule is O=C(CCCNC(=O)c1ccc([N+](=O)[O-])cc1)NN=Cc1ccc([N+](=O)[O-])cc1. The zero-order chi connectivity index (χ0) is 21.2. The van der Waals surface area contributed by atoms with Crippen LogP contribution in [0.2, 0.25) is 0 Å². The number of nitrogens with one attached hydrogen (secondary N) is 2. The number of nitro benzene ring substituents is 2. The van der Waals surface area contributed by atoms with Crippen molar-refractivity contribution in [2.45, 2.75) is 12.8 Å². The van der Waals surface area contributed by atoms with Gasteiger partial charge in [0.2, 0.25) is 5.91 Å². The van der Waals surface area contributed by atoms with E-state index in [0.717, 1.165) is 0 Å². The molecule has 0 saturated carbocycles. The molecule has 0 atom stereocenters. The van der Waals surface area contributed by atoms with Crippen molar-refractivity contribution in [2.75, 3.05) is 6.54 Å². The highest BCUT2D eigenvalue weighted by Gasteiger charge is 2.09. The fourth-order valence-electron chi connectivity index (χ4n) is 2.20. The number of nitrogens with zero attached hydrogens (tertiary/aromatic N) is 3. The number of non-ortho nitro benzene ring substituents is 2. The zero-order valence-corrected chi connectivity index (χ0v) is 15.1. The van der Waals surface area contributed by atoms with Crippen LogP contribution in [0.3, 0.4) is 0 Å². The van der Waals surface area contributed by atoms with Crippen molar-refractivity contribution in [1.29, 1.82) is 0 Å². The largest absolute Gasteiger partial charge is 0.352 e. The molecule has 150 valence electrons. The summed E-state index contributed by atoms with van der Waals surface area (Å²) in [6, 6.07) is 10.9. The van der Waals surface area contributed by atoms with E-state index in [0.29, 0.717) is 12.0 Å². The first-order valence-electron chi connectivity index (χ1n) is 8.46. The van der Waals surface area contributed by atoms with Gasteiger partial charge in [0.25, 0.3) is 17.3 Å². The Kier molecular flexibility index (Phi) is 7.48. The van der Waals surface area contributed by atoms with Gasteiger partial charge in [0.1, 0.15) is 0 Å². The molecule has 0 aliphatic carbocycles. The lowest BCUT2D eigenvalue weighted by atomic mass is 10.2. The van der Waals surface area contributed by atoms with Gasteiger partial charge in [-0.15, -0.1) is 0 Å². The lowest BCUT2D eigenvalue weighted by Crippen LogP contribution is -2.26. The number of benzene rings is 2. The molecule has 29 heavy (non-hydrogen) atoms. The maximum Gasteiger partial charge on any atom is 0.269 e. The van der Waals surface area contributed by atoms with Crippen LogP contribution in [0.5, 0.6) is 0 Å². The molecule has 2 aromatic carbocycles. The van der Waals surface area contributed by atoms with E-state index in [2.05, 4.69) is 15.8 Å². The molecule has 0 bridgehead atoms. The van der Waals surface area contributed by atoms with Crippen LogP contribution in [0.1, 0.15) is 28.8 Å². The Hall–Kier alpha value is -4.15. The molecule has 0 aliphatic heterocycles. The summed E-state index contributed by atoms with van der Waals surface area (Å²) in [5.41, 5.74) is 3.06. The molecule has 0 spiro atoms. The van der Waals surface area contributed by atoms with Crippen molar-refractivity contribution in [3.8, 4) is 0 Å². The van der Waals surface area contributed by atoms with E-state index in [-0.39, 0.29) is 35.8 Å². The highest BCUT2D eigenvalue weighted by Crippen LogP contribution is 2.12. The van der Waals surface area contributed by atoms with Crippen molar-refractivity contribution in [3.05, 3.63) is 79.9 Å². The first-order chi connectivity index (χ1) is 13.9. The van der Waals surface area contributed by atoms with E-state index in [1.807, 2.05) is 0 Å². The minimum atomic E-state index is -0.551. The van der Waals surface area contributed by atoms with Crippen LogP contribution in [0, 0.1) is 20.2 Å². The van der Waals surface area contributed by atoms with Crippen molar-refractivity contribution < 1.29 is 19.4 Å². The summed E-state index contributed by atoms with van der Waals surface area (Å²) in [5, 5.41) is 27.5. The molecule has 0 fully saturated rings. The summed E-state index contributed by atoms with van der Waals surface area (Å²) < 4.78 is 0. The quantitative estimate of drug-likeness (QED) is 0.285. The Balaban J connectivity index is 1.68. The Bertz CT molecular complexity index is 925. The van der Waals surface area contributed by atoms with Gasteiger partial charge in [0.15, 0.2) is 0 Å².